The maximum atomic E-state index is 12.9. The Morgan fingerprint density at radius 3 is 2.42 bits per heavy atom. The lowest BCUT2D eigenvalue weighted by molar-refractivity contribution is -0.141. The van der Waals surface area contributed by atoms with Crippen LogP contribution < -0.4 is 4.74 Å². The van der Waals surface area contributed by atoms with Gasteiger partial charge in [-0.15, -0.1) is 0 Å². The second-order valence-corrected chi connectivity index (χ2v) is 7.62. The molecule has 0 spiro atoms. The molecular formula is C23H16Cl2F3NO4. The largest absolute Gasteiger partial charge is 0.457 e. The van der Waals surface area contributed by atoms with Crippen molar-refractivity contribution in [2.45, 2.75) is 18.9 Å². The third-order valence-electron chi connectivity index (χ3n) is 4.41. The highest BCUT2D eigenvalue weighted by atomic mass is 35.5. The highest BCUT2D eigenvalue weighted by molar-refractivity contribution is 6.37. The van der Waals surface area contributed by atoms with Crippen molar-refractivity contribution < 1.29 is 32.5 Å². The molecule has 5 nitrogen and oxygen atoms in total. The topological polar surface area (TPSA) is 68.7 Å². The zero-order valence-corrected chi connectivity index (χ0v) is 18.3. The van der Waals surface area contributed by atoms with E-state index in [-0.39, 0.29) is 33.7 Å². The summed E-state index contributed by atoms with van der Waals surface area (Å²) in [5, 5.41) is 9.61. The fourth-order valence-electron chi connectivity index (χ4n) is 2.73. The van der Waals surface area contributed by atoms with Crippen molar-refractivity contribution in [2.24, 2.45) is 0 Å². The molecule has 1 aromatic heterocycles. The summed E-state index contributed by atoms with van der Waals surface area (Å²) in [5.74, 6) is -0.749. The van der Waals surface area contributed by atoms with Crippen molar-refractivity contribution in [1.82, 2.24) is 4.98 Å². The Bertz CT molecular complexity index is 1150. The number of aromatic nitrogens is 1. The first-order valence-electron chi connectivity index (χ1n) is 9.33. The van der Waals surface area contributed by atoms with Crippen LogP contribution in [0, 0.1) is 0 Å². The number of aliphatic hydroxyl groups is 1. The lowest BCUT2D eigenvalue weighted by Gasteiger charge is -2.15. The summed E-state index contributed by atoms with van der Waals surface area (Å²) in [6.45, 7) is 3.40. The maximum absolute atomic E-state index is 12.9. The Balaban J connectivity index is 1.67. The molecule has 1 N–H and O–H groups in total. The number of hydrogen-bond donors (Lipinski definition) is 1. The molecule has 0 bridgehead atoms. The van der Waals surface area contributed by atoms with Gasteiger partial charge >= 0.3 is 12.1 Å². The fourth-order valence-corrected chi connectivity index (χ4v) is 3.29. The Morgan fingerprint density at radius 1 is 1.12 bits per heavy atom. The lowest BCUT2D eigenvalue weighted by atomic mass is 10.1. The Hall–Kier alpha value is -3.07. The number of ether oxygens (including phenoxy) is 2. The predicted octanol–water partition coefficient (Wildman–Crippen LogP) is 6.53. The molecule has 0 radical (unpaired) electrons. The van der Waals surface area contributed by atoms with E-state index in [4.69, 9.17) is 32.7 Å². The van der Waals surface area contributed by atoms with Crippen LogP contribution >= 0.6 is 23.2 Å². The molecular weight excluding hydrogens is 482 g/mol. The number of benzene rings is 2. The van der Waals surface area contributed by atoms with Crippen LogP contribution in [-0.4, -0.2) is 16.1 Å². The van der Waals surface area contributed by atoms with E-state index in [1.54, 1.807) is 24.3 Å². The van der Waals surface area contributed by atoms with Crippen LogP contribution in [0.3, 0.4) is 0 Å². The van der Waals surface area contributed by atoms with E-state index in [1.807, 2.05) is 0 Å². The third-order valence-corrected chi connectivity index (χ3v) is 4.97. The Labute approximate surface area is 197 Å². The molecule has 0 aliphatic heterocycles. The summed E-state index contributed by atoms with van der Waals surface area (Å²) in [7, 11) is 0. The van der Waals surface area contributed by atoms with Gasteiger partial charge in [-0.2, -0.15) is 13.2 Å². The molecule has 0 fully saturated rings. The zero-order valence-electron chi connectivity index (χ0n) is 16.8. The highest BCUT2D eigenvalue weighted by Gasteiger charge is 2.32. The second-order valence-electron chi connectivity index (χ2n) is 6.81. The number of pyridine rings is 1. The first-order valence-corrected chi connectivity index (χ1v) is 10.1. The van der Waals surface area contributed by atoms with Gasteiger partial charge in [0.1, 0.15) is 18.5 Å². The van der Waals surface area contributed by atoms with Crippen molar-refractivity contribution in [3.63, 3.8) is 0 Å². The van der Waals surface area contributed by atoms with Gasteiger partial charge in [-0.3, -0.25) is 4.98 Å². The number of aliphatic hydroxyl groups excluding tert-OH is 1. The number of alkyl halides is 3. The van der Waals surface area contributed by atoms with E-state index in [0.717, 1.165) is 0 Å². The fraction of sp³-hybridized carbons (Fsp3) is 0.130. The van der Waals surface area contributed by atoms with Crippen LogP contribution in [-0.2, 0) is 22.3 Å². The van der Waals surface area contributed by atoms with Crippen molar-refractivity contribution in [3.05, 3.63) is 99.8 Å². The van der Waals surface area contributed by atoms with Gasteiger partial charge in [-0.05, 0) is 35.9 Å². The van der Waals surface area contributed by atoms with Gasteiger partial charge < -0.3 is 14.6 Å². The maximum Gasteiger partial charge on any atom is 0.416 e. The average molecular weight is 498 g/mol. The molecule has 0 aliphatic carbocycles. The number of nitrogens with zero attached hydrogens (tertiary/aromatic N) is 1. The van der Waals surface area contributed by atoms with Crippen LogP contribution in [0.1, 0.15) is 22.8 Å². The van der Waals surface area contributed by atoms with Crippen molar-refractivity contribution in [2.75, 3.05) is 0 Å². The molecule has 172 valence electrons. The van der Waals surface area contributed by atoms with E-state index in [2.05, 4.69) is 11.6 Å². The molecule has 10 heteroatoms. The summed E-state index contributed by atoms with van der Waals surface area (Å²) in [5.41, 5.74) is -0.276. The van der Waals surface area contributed by atoms with Gasteiger partial charge in [0.15, 0.2) is 5.75 Å². The monoisotopic (exact) mass is 497 g/mol. The molecule has 3 aromatic rings. The van der Waals surface area contributed by atoms with Crippen molar-refractivity contribution in [3.8, 4) is 11.5 Å². The molecule has 1 unspecified atom stereocenters. The minimum Gasteiger partial charge on any atom is -0.457 e. The van der Waals surface area contributed by atoms with Crippen molar-refractivity contribution >= 4 is 29.2 Å². The number of esters is 1. The minimum atomic E-state index is -4.61. The summed E-state index contributed by atoms with van der Waals surface area (Å²) < 4.78 is 49.4. The highest BCUT2D eigenvalue weighted by Crippen LogP contribution is 2.41. The van der Waals surface area contributed by atoms with Gasteiger partial charge in [0, 0.05) is 18.0 Å². The summed E-state index contributed by atoms with van der Waals surface area (Å²) >= 11 is 11.9. The van der Waals surface area contributed by atoms with Gasteiger partial charge in [-0.1, -0.05) is 48.0 Å². The van der Waals surface area contributed by atoms with Crippen molar-refractivity contribution in [1.29, 1.82) is 0 Å². The van der Waals surface area contributed by atoms with E-state index in [9.17, 15) is 23.1 Å². The molecule has 2 aromatic carbocycles. The number of halogens is 5. The zero-order chi connectivity index (χ0) is 24.2. The van der Waals surface area contributed by atoms with Gasteiger partial charge in [0.05, 0.1) is 21.2 Å². The van der Waals surface area contributed by atoms with Gasteiger partial charge in [-0.25, -0.2) is 4.79 Å². The molecule has 1 atom stereocenters. The summed E-state index contributed by atoms with van der Waals surface area (Å²) in [6.07, 6.45) is -2.95. The molecule has 3 rings (SSSR count). The second kappa shape index (κ2) is 10.2. The minimum absolute atomic E-state index is 0.145. The van der Waals surface area contributed by atoms with Crippen LogP contribution in [0.15, 0.2) is 73.1 Å². The Morgan fingerprint density at radius 2 is 1.82 bits per heavy atom. The summed E-state index contributed by atoms with van der Waals surface area (Å²) in [4.78, 5) is 16.1. The van der Waals surface area contributed by atoms with Gasteiger partial charge in [0.25, 0.3) is 0 Å². The van der Waals surface area contributed by atoms with Gasteiger partial charge in [0.2, 0.25) is 0 Å². The molecule has 0 saturated heterocycles. The van der Waals surface area contributed by atoms with Crippen LogP contribution in [0.5, 0.6) is 11.5 Å². The van der Waals surface area contributed by atoms with Crippen LogP contribution in [0.2, 0.25) is 10.0 Å². The van der Waals surface area contributed by atoms with E-state index in [0.29, 0.717) is 23.3 Å². The SMILES string of the molecule is C=C(C(=O)OCc1cccc(Oc2c(Cl)cc(C(F)(F)F)cc2Cl)c1)C(O)c1cccnc1. The first kappa shape index (κ1) is 24.6. The average Bonchev–Trinajstić information content (AvgIpc) is 2.79. The normalized spacial score (nSPS) is 12.2. The number of rotatable bonds is 7. The van der Waals surface area contributed by atoms with E-state index < -0.39 is 23.8 Å². The van der Waals surface area contributed by atoms with Crippen LogP contribution in [0.25, 0.3) is 0 Å². The van der Waals surface area contributed by atoms with E-state index >= 15 is 0 Å². The molecule has 0 amide bonds. The smallest absolute Gasteiger partial charge is 0.416 e. The standard InChI is InChI=1S/C23H16Cl2F3NO4/c1-13(20(30)15-5-3-7-29-11-15)22(31)32-12-14-4-2-6-17(8-14)33-21-18(24)9-16(10-19(21)25)23(26,27)28/h2-11,20,30H,1,12H2. The third kappa shape index (κ3) is 6.25. The molecule has 0 saturated carbocycles. The predicted molar refractivity (Wildman–Crippen MR) is 116 cm³/mol. The quantitative estimate of drug-likeness (QED) is 0.296. The molecule has 1 heterocycles. The van der Waals surface area contributed by atoms with E-state index in [1.165, 1.54) is 24.5 Å². The first-order chi connectivity index (χ1) is 15.6. The number of carbonyl (C=O) groups excluding carboxylic acids is 1. The number of carbonyl (C=O) groups is 1. The lowest BCUT2D eigenvalue weighted by Crippen LogP contribution is -2.14. The molecule has 0 aliphatic rings. The molecule has 33 heavy (non-hydrogen) atoms. The Kier molecular flexibility index (Phi) is 7.63. The summed E-state index contributed by atoms with van der Waals surface area (Å²) in [6, 6.07) is 10.9. The van der Waals surface area contributed by atoms with Crippen LogP contribution in [0.4, 0.5) is 13.2 Å². The number of hydrogen-bond acceptors (Lipinski definition) is 5.